The molecule has 0 unspecified atom stereocenters. The van der Waals surface area contributed by atoms with Crippen molar-refractivity contribution < 1.29 is 18.7 Å². The molecule has 176 valence electrons. The van der Waals surface area contributed by atoms with Gasteiger partial charge in [-0.05, 0) is 54.6 Å². The van der Waals surface area contributed by atoms with Crippen molar-refractivity contribution in [3.63, 3.8) is 0 Å². The van der Waals surface area contributed by atoms with Gasteiger partial charge in [-0.1, -0.05) is 0 Å². The highest BCUT2D eigenvalue weighted by Crippen LogP contribution is 2.19. The highest BCUT2D eigenvalue weighted by Gasteiger charge is 2.18. The summed E-state index contributed by atoms with van der Waals surface area (Å²) in [6, 6.07) is 15.1. The van der Waals surface area contributed by atoms with Gasteiger partial charge in [0.2, 0.25) is 5.91 Å². The molecule has 0 radical (unpaired) electrons. The van der Waals surface area contributed by atoms with Crippen LogP contribution in [0.4, 0.5) is 15.8 Å². The first-order valence-corrected chi connectivity index (χ1v) is 10.7. The third-order valence-electron chi connectivity index (χ3n) is 5.35. The molecule has 4 rings (SSSR count). The Labute approximate surface area is 195 Å². The molecule has 2 heterocycles. The van der Waals surface area contributed by atoms with Crippen molar-refractivity contribution >= 4 is 23.2 Å². The Hall–Kier alpha value is -4.05. The lowest BCUT2D eigenvalue weighted by Crippen LogP contribution is -2.36. The van der Waals surface area contributed by atoms with Crippen LogP contribution in [-0.2, 0) is 9.53 Å². The van der Waals surface area contributed by atoms with E-state index in [4.69, 9.17) is 4.74 Å². The highest BCUT2D eigenvalue weighted by molar-refractivity contribution is 5.98. The van der Waals surface area contributed by atoms with Crippen LogP contribution in [0.1, 0.15) is 10.5 Å². The molecule has 2 aromatic carbocycles. The Balaban J connectivity index is 1.38. The van der Waals surface area contributed by atoms with E-state index in [1.54, 1.807) is 0 Å². The second-order valence-electron chi connectivity index (χ2n) is 7.80. The van der Waals surface area contributed by atoms with Crippen molar-refractivity contribution in [1.29, 1.82) is 0 Å². The SMILES string of the molecule is CN(CC(=O)Nc1ccc(N2CCOCC2)cc1)C(=O)c1ccc(=O)n(-c2ccc(F)cc2)n1. The topological polar surface area (TPSA) is 96.8 Å². The summed E-state index contributed by atoms with van der Waals surface area (Å²) in [5.74, 6) is -1.36. The number of carbonyl (C=O) groups is 2. The fourth-order valence-corrected chi connectivity index (χ4v) is 3.55. The lowest BCUT2D eigenvalue weighted by Gasteiger charge is -2.28. The van der Waals surface area contributed by atoms with Gasteiger partial charge in [0.25, 0.3) is 11.5 Å². The van der Waals surface area contributed by atoms with E-state index >= 15 is 0 Å². The van der Waals surface area contributed by atoms with Crippen LogP contribution in [0.2, 0.25) is 0 Å². The Bertz CT molecular complexity index is 1220. The molecule has 2 amide bonds. The number of anilines is 2. The molecule has 10 heteroatoms. The number of ether oxygens (including phenoxy) is 1. The summed E-state index contributed by atoms with van der Waals surface area (Å²) in [6.45, 7) is 2.81. The van der Waals surface area contributed by atoms with E-state index in [0.717, 1.165) is 23.5 Å². The highest BCUT2D eigenvalue weighted by atomic mass is 19.1. The first-order valence-electron chi connectivity index (χ1n) is 10.7. The zero-order valence-electron chi connectivity index (χ0n) is 18.6. The van der Waals surface area contributed by atoms with Gasteiger partial charge in [0, 0.05) is 37.6 Å². The van der Waals surface area contributed by atoms with E-state index in [1.807, 2.05) is 24.3 Å². The number of rotatable bonds is 6. The van der Waals surface area contributed by atoms with Crippen LogP contribution >= 0.6 is 0 Å². The molecular weight excluding hydrogens is 441 g/mol. The van der Waals surface area contributed by atoms with Crippen molar-refractivity contribution in [3.8, 4) is 5.69 Å². The van der Waals surface area contributed by atoms with Gasteiger partial charge in [-0.15, -0.1) is 0 Å². The molecule has 1 saturated heterocycles. The number of halogens is 1. The Morgan fingerprint density at radius 2 is 1.65 bits per heavy atom. The van der Waals surface area contributed by atoms with Crippen LogP contribution in [0, 0.1) is 5.82 Å². The zero-order chi connectivity index (χ0) is 24.1. The van der Waals surface area contributed by atoms with Crippen LogP contribution < -0.4 is 15.8 Å². The number of morpholine rings is 1. The quantitative estimate of drug-likeness (QED) is 0.598. The van der Waals surface area contributed by atoms with Crippen LogP contribution in [0.5, 0.6) is 0 Å². The van der Waals surface area contributed by atoms with E-state index < -0.39 is 17.3 Å². The lowest BCUT2D eigenvalue weighted by atomic mass is 10.2. The monoisotopic (exact) mass is 465 g/mol. The third-order valence-corrected chi connectivity index (χ3v) is 5.35. The van der Waals surface area contributed by atoms with E-state index in [2.05, 4.69) is 15.3 Å². The van der Waals surface area contributed by atoms with Crippen molar-refractivity contribution in [3.05, 3.63) is 82.5 Å². The lowest BCUT2D eigenvalue weighted by molar-refractivity contribution is -0.116. The number of nitrogens with one attached hydrogen (secondary N) is 1. The summed E-state index contributed by atoms with van der Waals surface area (Å²) in [5, 5.41) is 6.86. The second kappa shape index (κ2) is 10.3. The maximum Gasteiger partial charge on any atom is 0.274 e. The van der Waals surface area contributed by atoms with Gasteiger partial charge in [-0.2, -0.15) is 9.78 Å². The van der Waals surface area contributed by atoms with Crippen molar-refractivity contribution in [2.75, 3.05) is 50.1 Å². The number of likely N-dealkylation sites (N-methyl/N-ethyl adjacent to an activating group) is 1. The van der Waals surface area contributed by atoms with Gasteiger partial charge in [0.15, 0.2) is 0 Å². The molecule has 34 heavy (non-hydrogen) atoms. The largest absolute Gasteiger partial charge is 0.378 e. The minimum absolute atomic E-state index is 0.0194. The molecule has 0 spiro atoms. The summed E-state index contributed by atoms with van der Waals surface area (Å²) in [7, 11) is 1.47. The van der Waals surface area contributed by atoms with E-state index in [1.165, 1.54) is 48.3 Å². The molecule has 0 bridgehead atoms. The molecule has 1 N–H and O–H groups in total. The first-order chi connectivity index (χ1) is 16.4. The smallest absolute Gasteiger partial charge is 0.274 e. The zero-order valence-corrected chi connectivity index (χ0v) is 18.6. The predicted molar refractivity (Wildman–Crippen MR) is 125 cm³/mol. The Morgan fingerprint density at radius 1 is 1.00 bits per heavy atom. The molecule has 0 aliphatic carbocycles. The molecule has 9 nitrogen and oxygen atoms in total. The van der Waals surface area contributed by atoms with Gasteiger partial charge in [0.1, 0.15) is 11.5 Å². The first kappa shape index (κ1) is 23.1. The fraction of sp³-hybridized carbons (Fsp3) is 0.250. The van der Waals surface area contributed by atoms with E-state index in [0.29, 0.717) is 24.6 Å². The number of benzene rings is 2. The number of carbonyl (C=O) groups excluding carboxylic acids is 2. The fourth-order valence-electron chi connectivity index (χ4n) is 3.55. The van der Waals surface area contributed by atoms with E-state index in [-0.39, 0.29) is 18.1 Å². The summed E-state index contributed by atoms with van der Waals surface area (Å²) in [5.41, 5.74) is 1.50. The van der Waals surface area contributed by atoms with Gasteiger partial charge in [-0.25, -0.2) is 4.39 Å². The average Bonchev–Trinajstić information content (AvgIpc) is 2.85. The maximum atomic E-state index is 13.2. The van der Waals surface area contributed by atoms with E-state index in [9.17, 15) is 18.8 Å². The molecule has 3 aromatic rings. The van der Waals surface area contributed by atoms with Gasteiger partial charge in [0.05, 0.1) is 25.4 Å². The molecule has 1 aliphatic heterocycles. The van der Waals surface area contributed by atoms with Crippen LogP contribution in [-0.4, -0.2) is 66.4 Å². The normalized spacial score (nSPS) is 13.4. The third kappa shape index (κ3) is 5.46. The van der Waals surface area contributed by atoms with Crippen molar-refractivity contribution in [2.45, 2.75) is 0 Å². The van der Waals surface area contributed by atoms with Gasteiger partial charge >= 0.3 is 0 Å². The minimum atomic E-state index is -0.534. The Morgan fingerprint density at radius 3 is 2.32 bits per heavy atom. The summed E-state index contributed by atoms with van der Waals surface area (Å²) in [4.78, 5) is 40.8. The molecule has 1 aliphatic rings. The Kier molecular flexibility index (Phi) is 6.98. The van der Waals surface area contributed by atoms with Crippen LogP contribution in [0.3, 0.4) is 0 Å². The summed E-state index contributed by atoms with van der Waals surface area (Å²) < 4.78 is 19.6. The van der Waals surface area contributed by atoms with Crippen molar-refractivity contribution in [1.82, 2.24) is 14.7 Å². The summed E-state index contributed by atoms with van der Waals surface area (Å²) >= 11 is 0. The number of aromatic nitrogens is 2. The molecule has 1 aromatic heterocycles. The van der Waals surface area contributed by atoms with Crippen LogP contribution in [0.15, 0.2) is 65.5 Å². The standard InChI is InChI=1S/C24H24FN5O4/c1-28(16-22(31)26-18-4-8-19(9-5-18)29-12-14-34-15-13-29)24(33)21-10-11-23(32)30(27-21)20-6-2-17(25)3-7-20/h2-11H,12-16H2,1H3,(H,26,31). The second-order valence-corrected chi connectivity index (χ2v) is 7.80. The predicted octanol–water partition coefficient (Wildman–Crippen LogP) is 1.92. The molecule has 0 atom stereocenters. The van der Waals surface area contributed by atoms with Crippen molar-refractivity contribution in [2.24, 2.45) is 0 Å². The number of nitrogens with zero attached hydrogens (tertiary/aromatic N) is 4. The minimum Gasteiger partial charge on any atom is -0.378 e. The van der Waals surface area contributed by atoms with Gasteiger partial charge in [-0.3, -0.25) is 14.4 Å². The maximum absolute atomic E-state index is 13.2. The van der Waals surface area contributed by atoms with Gasteiger partial charge < -0.3 is 19.9 Å². The number of hydrogen-bond acceptors (Lipinski definition) is 6. The summed E-state index contributed by atoms with van der Waals surface area (Å²) in [6.07, 6.45) is 0. The average molecular weight is 465 g/mol. The molecule has 1 fully saturated rings. The van der Waals surface area contributed by atoms with Crippen LogP contribution in [0.25, 0.3) is 5.69 Å². The number of hydrogen-bond donors (Lipinski definition) is 1. The molecular formula is C24H24FN5O4. The number of amides is 2. The molecule has 0 saturated carbocycles.